The van der Waals surface area contributed by atoms with Crippen molar-refractivity contribution in [3.8, 4) is 5.75 Å². The summed E-state index contributed by atoms with van der Waals surface area (Å²) in [6.45, 7) is 0.301. The van der Waals surface area contributed by atoms with E-state index in [1.807, 2.05) is 0 Å². The first kappa shape index (κ1) is 14.3. The zero-order valence-corrected chi connectivity index (χ0v) is 9.41. The van der Waals surface area contributed by atoms with E-state index in [0.29, 0.717) is 24.9 Å². The van der Waals surface area contributed by atoms with Crippen molar-refractivity contribution in [2.24, 2.45) is 5.73 Å². The van der Waals surface area contributed by atoms with E-state index in [-0.39, 0.29) is 5.75 Å². The minimum atomic E-state index is -4.74. The molecule has 1 unspecified atom stereocenters. The summed E-state index contributed by atoms with van der Waals surface area (Å²) in [6, 6.07) is 5.01. The highest BCUT2D eigenvalue weighted by Gasteiger charge is 2.31. The lowest BCUT2D eigenvalue weighted by Crippen LogP contribution is -2.23. The number of nitrogens with one attached hydrogen (secondary N) is 1. The standard InChI is InChI=1S/C11H13F3N2O2/c12-11(13,14)18-9-3-1-2-8(6-9)10(4-5-15)16-7-17/h1-3,6-7,10H,4-5,15H2,(H,16,17). The zero-order chi connectivity index (χ0) is 13.6. The molecule has 100 valence electrons. The lowest BCUT2D eigenvalue weighted by molar-refractivity contribution is -0.274. The molecule has 1 amide bonds. The third-order valence-corrected chi connectivity index (χ3v) is 2.22. The van der Waals surface area contributed by atoms with Gasteiger partial charge in [-0.3, -0.25) is 4.79 Å². The first-order valence-corrected chi connectivity index (χ1v) is 5.21. The Hall–Kier alpha value is -1.76. The van der Waals surface area contributed by atoms with Crippen molar-refractivity contribution in [3.63, 3.8) is 0 Å². The predicted molar refractivity (Wildman–Crippen MR) is 58.7 cm³/mol. The fourth-order valence-electron chi connectivity index (χ4n) is 1.52. The van der Waals surface area contributed by atoms with Gasteiger partial charge < -0.3 is 15.8 Å². The van der Waals surface area contributed by atoms with Gasteiger partial charge in [0.25, 0.3) is 0 Å². The second-order valence-electron chi connectivity index (χ2n) is 3.53. The molecule has 0 spiro atoms. The summed E-state index contributed by atoms with van der Waals surface area (Å²) in [4.78, 5) is 10.4. The number of rotatable bonds is 6. The van der Waals surface area contributed by atoms with E-state index in [1.54, 1.807) is 6.07 Å². The van der Waals surface area contributed by atoms with Crippen molar-refractivity contribution >= 4 is 6.41 Å². The molecule has 1 aromatic carbocycles. The zero-order valence-electron chi connectivity index (χ0n) is 9.41. The molecule has 0 aromatic heterocycles. The average molecular weight is 262 g/mol. The van der Waals surface area contributed by atoms with Gasteiger partial charge in [-0.1, -0.05) is 12.1 Å². The molecule has 1 rings (SSSR count). The van der Waals surface area contributed by atoms with Gasteiger partial charge in [-0.15, -0.1) is 13.2 Å². The van der Waals surface area contributed by atoms with E-state index in [1.165, 1.54) is 18.2 Å². The Balaban J connectivity index is 2.88. The first-order valence-electron chi connectivity index (χ1n) is 5.21. The Kier molecular flexibility index (Phi) is 4.96. The highest BCUT2D eigenvalue weighted by atomic mass is 19.4. The van der Waals surface area contributed by atoms with Crippen LogP contribution in [0.1, 0.15) is 18.0 Å². The molecule has 0 aliphatic heterocycles. The van der Waals surface area contributed by atoms with Crippen LogP contribution in [-0.4, -0.2) is 19.3 Å². The summed E-state index contributed by atoms with van der Waals surface area (Å²) in [7, 11) is 0. The summed E-state index contributed by atoms with van der Waals surface area (Å²) >= 11 is 0. The maximum atomic E-state index is 12.1. The number of benzene rings is 1. The number of carbonyl (C=O) groups is 1. The number of ether oxygens (including phenoxy) is 1. The fraction of sp³-hybridized carbons (Fsp3) is 0.364. The molecule has 7 heteroatoms. The third-order valence-electron chi connectivity index (χ3n) is 2.22. The Morgan fingerprint density at radius 1 is 1.44 bits per heavy atom. The molecular formula is C11H13F3N2O2. The van der Waals surface area contributed by atoms with Gasteiger partial charge in [0.15, 0.2) is 0 Å². The molecular weight excluding hydrogens is 249 g/mol. The number of amides is 1. The summed E-state index contributed by atoms with van der Waals surface area (Å²) in [6.07, 6.45) is -3.83. The lowest BCUT2D eigenvalue weighted by Gasteiger charge is -2.17. The number of nitrogens with two attached hydrogens (primary N) is 1. The Morgan fingerprint density at radius 2 is 2.17 bits per heavy atom. The van der Waals surface area contributed by atoms with Crippen LogP contribution in [0.4, 0.5) is 13.2 Å². The Morgan fingerprint density at radius 3 is 2.72 bits per heavy atom. The number of alkyl halides is 3. The quantitative estimate of drug-likeness (QED) is 0.767. The van der Waals surface area contributed by atoms with Crippen LogP contribution < -0.4 is 15.8 Å². The summed E-state index contributed by atoms with van der Waals surface area (Å²) in [5.74, 6) is -0.324. The predicted octanol–water partition coefficient (Wildman–Crippen LogP) is 1.72. The van der Waals surface area contributed by atoms with E-state index < -0.39 is 12.4 Å². The second kappa shape index (κ2) is 6.25. The van der Waals surface area contributed by atoms with Gasteiger partial charge in [-0.05, 0) is 30.7 Å². The molecule has 18 heavy (non-hydrogen) atoms. The van der Waals surface area contributed by atoms with E-state index in [4.69, 9.17) is 5.73 Å². The molecule has 0 saturated carbocycles. The van der Waals surface area contributed by atoms with Crippen LogP contribution in [0.25, 0.3) is 0 Å². The molecule has 4 nitrogen and oxygen atoms in total. The van der Waals surface area contributed by atoms with Gasteiger partial charge in [0.05, 0.1) is 6.04 Å². The molecule has 0 fully saturated rings. The maximum Gasteiger partial charge on any atom is 0.573 e. The molecule has 0 aliphatic carbocycles. The van der Waals surface area contributed by atoms with Crippen molar-refractivity contribution in [1.82, 2.24) is 5.32 Å². The molecule has 1 atom stereocenters. The summed E-state index contributed by atoms with van der Waals surface area (Å²) in [5.41, 5.74) is 5.88. The number of hydrogen-bond donors (Lipinski definition) is 2. The van der Waals surface area contributed by atoms with Crippen molar-refractivity contribution in [3.05, 3.63) is 29.8 Å². The van der Waals surface area contributed by atoms with E-state index in [9.17, 15) is 18.0 Å². The highest BCUT2D eigenvalue weighted by Crippen LogP contribution is 2.26. The fourth-order valence-corrected chi connectivity index (χ4v) is 1.52. The molecule has 0 aliphatic rings. The molecule has 3 N–H and O–H groups in total. The van der Waals surface area contributed by atoms with Gasteiger partial charge in [-0.2, -0.15) is 0 Å². The lowest BCUT2D eigenvalue weighted by atomic mass is 10.0. The smallest absolute Gasteiger partial charge is 0.406 e. The minimum absolute atomic E-state index is 0.301. The van der Waals surface area contributed by atoms with Crippen LogP contribution in [0, 0.1) is 0 Å². The largest absolute Gasteiger partial charge is 0.573 e. The maximum absolute atomic E-state index is 12.1. The van der Waals surface area contributed by atoms with Crippen LogP contribution in [0.2, 0.25) is 0 Å². The van der Waals surface area contributed by atoms with E-state index >= 15 is 0 Å². The van der Waals surface area contributed by atoms with Crippen LogP contribution in [-0.2, 0) is 4.79 Å². The summed E-state index contributed by atoms with van der Waals surface area (Å²) in [5, 5.41) is 2.49. The second-order valence-corrected chi connectivity index (χ2v) is 3.53. The van der Waals surface area contributed by atoms with Gasteiger partial charge in [-0.25, -0.2) is 0 Å². The van der Waals surface area contributed by atoms with Crippen molar-refractivity contribution in [2.45, 2.75) is 18.8 Å². The topological polar surface area (TPSA) is 64.3 Å². The first-order chi connectivity index (χ1) is 8.46. The highest BCUT2D eigenvalue weighted by molar-refractivity contribution is 5.48. The van der Waals surface area contributed by atoms with Crippen molar-refractivity contribution in [1.29, 1.82) is 0 Å². The SMILES string of the molecule is NCCC(NC=O)c1cccc(OC(F)(F)F)c1. The van der Waals surface area contributed by atoms with E-state index in [0.717, 1.165) is 0 Å². The molecule has 0 saturated heterocycles. The van der Waals surface area contributed by atoms with Crippen LogP contribution in [0.3, 0.4) is 0 Å². The third kappa shape index (κ3) is 4.62. The van der Waals surface area contributed by atoms with Gasteiger partial charge in [0, 0.05) is 0 Å². The minimum Gasteiger partial charge on any atom is -0.406 e. The number of hydrogen-bond acceptors (Lipinski definition) is 3. The van der Waals surface area contributed by atoms with Crippen molar-refractivity contribution < 1.29 is 22.7 Å². The van der Waals surface area contributed by atoms with Crippen LogP contribution >= 0.6 is 0 Å². The molecule has 0 heterocycles. The Bertz CT molecular complexity index is 396. The van der Waals surface area contributed by atoms with Crippen LogP contribution in [0.5, 0.6) is 5.75 Å². The van der Waals surface area contributed by atoms with Crippen LogP contribution in [0.15, 0.2) is 24.3 Å². The molecule has 1 aromatic rings. The monoisotopic (exact) mass is 262 g/mol. The summed E-state index contributed by atoms with van der Waals surface area (Å²) < 4.78 is 40.0. The Labute approximate surface area is 102 Å². The van der Waals surface area contributed by atoms with E-state index in [2.05, 4.69) is 10.1 Å². The normalized spacial score (nSPS) is 12.9. The van der Waals surface area contributed by atoms with Gasteiger partial charge >= 0.3 is 6.36 Å². The molecule has 0 bridgehead atoms. The number of halogens is 3. The van der Waals surface area contributed by atoms with Gasteiger partial charge in [0.2, 0.25) is 6.41 Å². The number of carbonyl (C=O) groups excluding carboxylic acids is 1. The van der Waals surface area contributed by atoms with Gasteiger partial charge in [0.1, 0.15) is 5.75 Å². The average Bonchev–Trinajstić information content (AvgIpc) is 2.27. The van der Waals surface area contributed by atoms with Crippen molar-refractivity contribution in [2.75, 3.05) is 6.54 Å². The molecule has 0 radical (unpaired) electrons.